The second-order valence-electron chi connectivity index (χ2n) is 3.79. The molecule has 2 aromatic heterocycles. The average molecular weight is 256 g/mol. The molecule has 1 N–H and O–H groups in total. The van der Waals surface area contributed by atoms with E-state index >= 15 is 0 Å². The number of H-pyrrole nitrogens is 1. The number of aromatic nitrogens is 2. The fourth-order valence-corrected chi connectivity index (χ4v) is 2.46. The molecule has 0 aliphatic rings. The van der Waals surface area contributed by atoms with Crippen molar-refractivity contribution in [2.24, 2.45) is 0 Å². The number of aromatic amines is 1. The van der Waals surface area contributed by atoms with E-state index in [4.69, 9.17) is 0 Å². The largest absolute Gasteiger partial charge is 0.319 e. The molecule has 0 fully saturated rings. The Bertz CT molecular complexity index is 775. The third-order valence-electron chi connectivity index (χ3n) is 2.61. The molecule has 0 bridgehead atoms. The highest BCUT2D eigenvalue weighted by Crippen LogP contribution is 2.21. The summed E-state index contributed by atoms with van der Waals surface area (Å²) >= 11 is 1.46. The van der Waals surface area contributed by atoms with Crippen LogP contribution in [0.15, 0.2) is 40.5 Å². The lowest BCUT2D eigenvalue weighted by atomic mass is 10.2. The Morgan fingerprint density at radius 3 is 2.89 bits per heavy atom. The smallest absolute Gasteiger partial charge is 0.275 e. The third-order valence-corrected chi connectivity index (χ3v) is 3.48. The molecule has 3 aromatic rings. The quantitative estimate of drug-likeness (QED) is 0.716. The topological polar surface area (TPSA) is 62.8 Å². The normalized spacial score (nSPS) is 10.7. The number of carbonyl (C=O) groups excluding carboxylic acids is 1. The number of hydrogen-bond donors (Lipinski definition) is 1. The van der Waals surface area contributed by atoms with Gasteiger partial charge in [0.15, 0.2) is 0 Å². The molecule has 0 radical (unpaired) electrons. The molecule has 4 nitrogen and oxygen atoms in total. The van der Waals surface area contributed by atoms with Crippen molar-refractivity contribution in [1.29, 1.82) is 0 Å². The standard InChI is InChI=1S/C13H8N2O2S/c16-7-8-3-4-9-10(6-8)14-12(13(17)15-9)11-2-1-5-18-11/h1-7H,(H,15,17). The Morgan fingerprint density at radius 1 is 1.28 bits per heavy atom. The molecule has 2 heterocycles. The van der Waals surface area contributed by atoms with Crippen LogP contribution in [0, 0.1) is 0 Å². The van der Waals surface area contributed by atoms with Gasteiger partial charge in [0.2, 0.25) is 0 Å². The minimum absolute atomic E-state index is 0.219. The van der Waals surface area contributed by atoms with Crippen molar-refractivity contribution < 1.29 is 4.79 Å². The molecular formula is C13H8N2O2S. The fourth-order valence-electron chi connectivity index (χ4n) is 1.75. The molecule has 18 heavy (non-hydrogen) atoms. The van der Waals surface area contributed by atoms with Crippen LogP contribution < -0.4 is 5.56 Å². The first-order valence-corrected chi connectivity index (χ1v) is 6.19. The van der Waals surface area contributed by atoms with E-state index < -0.39 is 0 Å². The zero-order chi connectivity index (χ0) is 12.5. The average Bonchev–Trinajstić information content (AvgIpc) is 2.91. The van der Waals surface area contributed by atoms with Crippen LogP contribution in [0.25, 0.3) is 21.6 Å². The Kier molecular flexibility index (Phi) is 2.53. The molecule has 0 aliphatic heterocycles. The van der Waals surface area contributed by atoms with Gasteiger partial charge in [0.05, 0.1) is 15.9 Å². The predicted octanol–water partition coefficient (Wildman–Crippen LogP) is 2.46. The van der Waals surface area contributed by atoms with Gasteiger partial charge in [-0.15, -0.1) is 11.3 Å². The molecule has 1 aromatic carbocycles. The number of rotatable bonds is 2. The predicted molar refractivity (Wildman–Crippen MR) is 71.1 cm³/mol. The Morgan fingerprint density at radius 2 is 2.17 bits per heavy atom. The molecule has 88 valence electrons. The molecule has 0 saturated carbocycles. The summed E-state index contributed by atoms with van der Waals surface area (Å²) in [4.78, 5) is 30.6. The Hall–Kier alpha value is -2.27. The lowest BCUT2D eigenvalue weighted by molar-refractivity contribution is 0.112. The van der Waals surface area contributed by atoms with Gasteiger partial charge in [-0.2, -0.15) is 0 Å². The van der Waals surface area contributed by atoms with E-state index in [1.807, 2.05) is 17.5 Å². The zero-order valence-electron chi connectivity index (χ0n) is 9.21. The van der Waals surface area contributed by atoms with Gasteiger partial charge in [0.25, 0.3) is 5.56 Å². The van der Waals surface area contributed by atoms with Crippen LogP contribution in [0.3, 0.4) is 0 Å². The van der Waals surface area contributed by atoms with E-state index in [2.05, 4.69) is 9.97 Å². The van der Waals surface area contributed by atoms with Crippen LogP contribution in [0.1, 0.15) is 10.4 Å². The summed E-state index contributed by atoms with van der Waals surface area (Å²) in [7, 11) is 0. The van der Waals surface area contributed by atoms with Crippen molar-refractivity contribution in [2.75, 3.05) is 0 Å². The van der Waals surface area contributed by atoms with Crippen LogP contribution >= 0.6 is 11.3 Å². The van der Waals surface area contributed by atoms with Gasteiger partial charge in [0.1, 0.15) is 12.0 Å². The van der Waals surface area contributed by atoms with Gasteiger partial charge in [-0.25, -0.2) is 4.98 Å². The third kappa shape index (κ3) is 1.74. The lowest BCUT2D eigenvalue weighted by Gasteiger charge is -2.01. The fraction of sp³-hybridized carbons (Fsp3) is 0. The van der Waals surface area contributed by atoms with Crippen molar-refractivity contribution >= 4 is 28.7 Å². The van der Waals surface area contributed by atoms with E-state index in [0.717, 1.165) is 11.2 Å². The minimum Gasteiger partial charge on any atom is -0.319 e. The highest BCUT2D eigenvalue weighted by Gasteiger charge is 2.08. The van der Waals surface area contributed by atoms with Crippen molar-refractivity contribution in [3.8, 4) is 10.6 Å². The van der Waals surface area contributed by atoms with Gasteiger partial charge in [0, 0.05) is 5.56 Å². The van der Waals surface area contributed by atoms with Gasteiger partial charge >= 0.3 is 0 Å². The highest BCUT2D eigenvalue weighted by atomic mass is 32.1. The summed E-state index contributed by atoms with van der Waals surface area (Å²) in [6, 6.07) is 8.71. The maximum Gasteiger partial charge on any atom is 0.275 e. The summed E-state index contributed by atoms with van der Waals surface area (Å²) in [5.74, 6) is 0. The van der Waals surface area contributed by atoms with Gasteiger partial charge < -0.3 is 4.98 Å². The van der Waals surface area contributed by atoms with E-state index in [-0.39, 0.29) is 5.56 Å². The monoisotopic (exact) mass is 256 g/mol. The molecule has 5 heteroatoms. The SMILES string of the molecule is O=Cc1ccc2[nH]c(=O)c(-c3cccs3)nc2c1. The number of carbonyl (C=O) groups is 1. The van der Waals surface area contributed by atoms with E-state index in [1.165, 1.54) is 11.3 Å². The highest BCUT2D eigenvalue weighted by molar-refractivity contribution is 7.13. The summed E-state index contributed by atoms with van der Waals surface area (Å²) in [5, 5.41) is 1.89. The van der Waals surface area contributed by atoms with E-state index in [0.29, 0.717) is 22.3 Å². The van der Waals surface area contributed by atoms with Crippen LogP contribution in [0.4, 0.5) is 0 Å². The number of aldehydes is 1. The molecule has 0 spiro atoms. The maximum absolute atomic E-state index is 11.9. The number of fused-ring (bicyclic) bond motifs is 1. The first-order valence-electron chi connectivity index (χ1n) is 5.31. The van der Waals surface area contributed by atoms with Gasteiger partial charge in [-0.3, -0.25) is 9.59 Å². The number of benzene rings is 1. The van der Waals surface area contributed by atoms with Crippen molar-refractivity contribution in [3.05, 3.63) is 51.6 Å². The molecule has 3 rings (SSSR count). The Labute approximate surface area is 106 Å². The number of hydrogen-bond acceptors (Lipinski definition) is 4. The molecule has 0 atom stereocenters. The minimum atomic E-state index is -0.219. The summed E-state index contributed by atoms with van der Waals surface area (Å²) in [6.07, 6.45) is 0.761. The Balaban J connectivity index is 2.31. The first-order chi connectivity index (χ1) is 8.78. The number of nitrogens with zero attached hydrogens (tertiary/aromatic N) is 1. The summed E-state index contributed by atoms with van der Waals surface area (Å²) < 4.78 is 0. The maximum atomic E-state index is 11.9. The van der Waals surface area contributed by atoms with Crippen molar-refractivity contribution in [3.63, 3.8) is 0 Å². The van der Waals surface area contributed by atoms with Gasteiger partial charge in [-0.1, -0.05) is 6.07 Å². The summed E-state index contributed by atoms with van der Waals surface area (Å²) in [6.45, 7) is 0. The molecule has 0 amide bonds. The molecule has 0 aliphatic carbocycles. The van der Waals surface area contributed by atoms with E-state index in [9.17, 15) is 9.59 Å². The summed E-state index contributed by atoms with van der Waals surface area (Å²) in [5.41, 5.74) is 1.96. The van der Waals surface area contributed by atoms with Crippen LogP contribution in [0.2, 0.25) is 0 Å². The number of thiophene rings is 1. The van der Waals surface area contributed by atoms with Crippen LogP contribution in [-0.2, 0) is 0 Å². The van der Waals surface area contributed by atoms with Crippen LogP contribution in [0.5, 0.6) is 0 Å². The van der Waals surface area contributed by atoms with Gasteiger partial charge in [-0.05, 0) is 29.6 Å². The lowest BCUT2D eigenvalue weighted by Crippen LogP contribution is -2.10. The number of nitrogens with one attached hydrogen (secondary N) is 1. The van der Waals surface area contributed by atoms with Crippen molar-refractivity contribution in [2.45, 2.75) is 0 Å². The van der Waals surface area contributed by atoms with Crippen molar-refractivity contribution in [1.82, 2.24) is 9.97 Å². The zero-order valence-corrected chi connectivity index (χ0v) is 10.0. The molecular weight excluding hydrogens is 248 g/mol. The second-order valence-corrected chi connectivity index (χ2v) is 4.73. The first kappa shape index (κ1) is 10.9. The second kappa shape index (κ2) is 4.19. The molecule has 0 saturated heterocycles. The van der Waals surface area contributed by atoms with E-state index in [1.54, 1.807) is 18.2 Å². The molecule has 0 unspecified atom stereocenters. The van der Waals surface area contributed by atoms with Crippen LogP contribution in [-0.4, -0.2) is 16.3 Å².